The first-order chi connectivity index (χ1) is 19.0. The monoisotopic (exact) mass is 520 g/mol. The van der Waals surface area contributed by atoms with E-state index in [1.54, 1.807) is 23.8 Å². The van der Waals surface area contributed by atoms with Gasteiger partial charge >= 0.3 is 0 Å². The molecule has 1 heterocycles. The van der Waals surface area contributed by atoms with Crippen LogP contribution in [0.25, 0.3) is 10.8 Å². The predicted octanol–water partition coefficient (Wildman–Crippen LogP) is 4.06. The highest BCUT2D eigenvalue weighted by atomic mass is 16.2. The van der Waals surface area contributed by atoms with E-state index in [2.05, 4.69) is 10.6 Å². The van der Waals surface area contributed by atoms with Crippen LogP contribution in [0.4, 0.5) is 11.4 Å². The molecule has 0 bridgehead atoms. The summed E-state index contributed by atoms with van der Waals surface area (Å²) in [4.78, 5) is 44.2. The van der Waals surface area contributed by atoms with Gasteiger partial charge in [-0.3, -0.25) is 14.4 Å². The number of nitrogens with one attached hydrogen (secondary N) is 2. The molecule has 7 heteroatoms. The molecule has 0 aliphatic carbocycles. The van der Waals surface area contributed by atoms with Crippen molar-refractivity contribution in [2.45, 2.75) is 32.0 Å². The highest BCUT2D eigenvalue weighted by molar-refractivity contribution is 6.08. The van der Waals surface area contributed by atoms with Gasteiger partial charge in [0.05, 0.1) is 36.9 Å². The molecule has 0 fully saturated rings. The van der Waals surface area contributed by atoms with E-state index in [-0.39, 0.29) is 30.7 Å². The Morgan fingerprint density at radius 1 is 0.872 bits per heavy atom. The molecule has 0 saturated carbocycles. The molecule has 1 unspecified atom stereocenters. The summed E-state index contributed by atoms with van der Waals surface area (Å²) in [5.74, 6) is -0.709. The smallest absolute Gasteiger partial charge is 0.251 e. The molecule has 1 aliphatic rings. The van der Waals surface area contributed by atoms with Crippen molar-refractivity contribution in [3.8, 4) is 0 Å². The van der Waals surface area contributed by atoms with Crippen molar-refractivity contribution in [3.63, 3.8) is 0 Å². The van der Waals surface area contributed by atoms with E-state index in [1.165, 1.54) is 0 Å². The molecule has 4 aromatic rings. The lowest BCUT2D eigenvalue weighted by Gasteiger charge is -2.26. The molecule has 1 aliphatic heterocycles. The Kier molecular flexibility index (Phi) is 7.70. The second-order valence-electron chi connectivity index (χ2n) is 9.79. The SMILES string of the molecule is CN[C@@H](C)C(=O)NC1CN(C(=O)Cc2ccccc2)c2ccccc2N(Cc2cccc3ccccc23)C1=O. The number of likely N-dealkylation sites (N-methyl/N-ethyl adjacent to an activating group) is 1. The van der Waals surface area contributed by atoms with Gasteiger partial charge in [-0.05, 0) is 48.0 Å². The number of hydrogen-bond acceptors (Lipinski definition) is 4. The van der Waals surface area contributed by atoms with Gasteiger partial charge in [0.25, 0.3) is 5.91 Å². The van der Waals surface area contributed by atoms with Gasteiger partial charge < -0.3 is 20.4 Å². The fourth-order valence-electron chi connectivity index (χ4n) is 4.99. The molecule has 2 atom stereocenters. The number of carbonyl (C=O) groups excluding carboxylic acids is 3. The summed E-state index contributed by atoms with van der Waals surface area (Å²) in [6, 6.07) is 29.7. The number of nitrogens with zero attached hydrogens (tertiary/aromatic N) is 2. The lowest BCUT2D eigenvalue weighted by Crippen LogP contribution is -2.55. The summed E-state index contributed by atoms with van der Waals surface area (Å²) >= 11 is 0. The van der Waals surface area contributed by atoms with Crippen molar-refractivity contribution in [1.29, 1.82) is 0 Å². The van der Waals surface area contributed by atoms with Gasteiger partial charge in [0.1, 0.15) is 6.04 Å². The van der Waals surface area contributed by atoms with Crippen LogP contribution in [0.1, 0.15) is 18.1 Å². The van der Waals surface area contributed by atoms with Crippen molar-refractivity contribution < 1.29 is 14.4 Å². The summed E-state index contributed by atoms with van der Waals surface area (Å²) in [5, 5.41) is 7.96. The normalized spacial score (nSPS) is 15.9. The van der Waals surface area contributed by atoms with Crippen molar-refractivity contribution >= 4 is 39.9 Å². The predicted molar refractivity (Wildman–Crippen MR) is 155 cm³/mol. The minimum atomic E-state index is -0.921. The van der Waals surface area contributed by atoms with Gasteiger partial charge in [0.2, 0.25) is 11.8 Å². The molecule has 5 rings (SSSR count). The van der Waals surface area contributed by atoms with Crippen LogP contribution in [0, 0.1) is 0 Å². The van der Waals surface area contributed by atoms with E-state index in [4.69, 9.17) is 0 Å². The van der Waals surface area contributed by atoms with Crippen molar-refractivity contribution in [2.75, 3.05) is 23.4 Å². The minimum Gasteiger partial charge on any atom is -0.341 e. The number of carbonyl (C=O) groups is 3. The largest absolute Gasteiger partial charge is 0.341 e. The molecular weight excluding hydrogens is 488 g/mol. The Hall–Kier alpha value is -4.49. The second kappa shape index (κ2) is 11.5. The molecule has 0 spiro atoms. The fraction of sp³-hybridized carbons (Fsp3) is 0.219. The summed E-state index contributed by atoms with van der Waals surface area (Å²) in [6.07, 6.45) is 0.181. The molecule has 3 amide bonds. The second-order valence-corrected chi connectivity index (χ2v) is 9.79. The Balaban J connectivity index is 1.57. The quantitative estimate of drug-likeness (QED) is 0.385. The van der Waals surface area contributed by atoms with E-state index in [0.29, 0.717) is 17.9 Å². The average molecular weight is 521 g/mol. The Morgan fingerprint density at radius 2 is 1.54 bits per heavy atom. The van der Waals surface area contributed by atoms with Crippen LogP contribution in [0.2, 0.25) is 0 Å². The van der Waals surface area contributed by atoms with Crippen LogP contribution in [-0.2, 0) is 27.3 Å². The van der Waals surface area contributed by atoms with Crippen LogP contribution < -0.4 is 20.4 Å². The van der Waals surface area contributed by atoms with Crippen LogP contribution in [0.3, 0.4) is 0 Å². The maximum atomic E-state index is 14.2. The third-order valence-corrected chi connectivity index (χ3v) is 7.24. The first kappa shape index (κ1) is 26.1. The lowest BCUT2D eigenvalue weighted by molar-refractivity contribution is -0.128. The van der Waals surface area contributed by atoms with Gasteiger partial charge in [-0.2, -0.15) is 0 Å². The van der Waals surface area contributed by atoms with Crippen LogP contribution in [-0.4, -0.2) is 43.4 Å². The Bertz CT molecular complexity index is 1500. The maximum Gasteiger partial charge on any atom is 0.251 e. The summed E-state index contributed by atoms with van der Waals surface area (Å²) in [5.41, 5.74) is 3.14. The number of hydrogen-bond donors (Lipinski definition) is 2. The summed E-state index contributed by atoms with van der Waals surface area (Å²) in [7, 11) is 1.69. The zero-order valence-corrected chi connectivity index (χ0v) is 22.1. The number of amides is 3. The molecule has 7 nitrogen and oxygen atoms in total. The molecule has 0 saturated heterocycles. The summed E-state index contributed by atoms with van der Waals surface area (Å²) in [6.45, 7) is 2.07. The topological polar surface area (TPSA) is 81.8 Å². The third-order valence-electron chi connectivity index (χ3n) is 7.24. The molecule has 4 aromatic carbocycles. The third kappa shape index (κ3) is 5.54. The maximum absolute atomic E-state index is 14.2. The molecule has 0 radical (unpaired) electrons. The minimum absolute atomic E-state index is 0.0374. The van der Waals surface area contributed by atoms with Crippen LogP contribution in [0.15, 0.2) is 97.1 Å². The zero-order valence-electron chi connectivity index (χ0n) is 22.1. The molecule has 0 aromatic heterocycles. The van der Waals surface area contributed by atoms with Gasteiger partial charge in [0.15, 0.2) is 0 Å². The Morgan fingerprint density at radius 3 is 2.31 bits per heavy atom. The van der Waals surface area contributed by atoms with Crippen molar-refractivity contribution in [3.05, 3.63) is 108 Å². The van der Waals surface area contributed by atoms with Gasteiger partial charge in [-0.1, -0.05) is 84.9 Å². The van der Waals surface area contributed by atoms with Crippen LogP contribution >= 0.6 is 0 Å². The zero-order chi connectivity index (χ0) is 27.4. The molecule has 2 N–H and O–H groups in total. The highest BCUT2D eigenvalue weighted by Gasteiger charge is 2.37. The number of fused-ring (bicyclic) bond motifs is 2. The van der Waals surface area contributed by atoms with Gasteiger partial charge in [0, 0.05) is 0 Å². The van der Waals surface area contributed by atoms with Gasteiger partial charge in [-0.25, -0.2) is 0 Å². The van der Waals surface area contributed by atoms with Crippen molar-refractivity contribution in [1.82, 2.24) is 10.6 Å². The number of rotatable bonds is 7. The summed E-state index contributed by atoms with van der Waals surface area (Å²) < 4.78 is 0. The van der Waals surface area contributed by atoms with Gasteiger partial charge in [-0.15, -0.1) is 0 Å². The molecule has 198 valence electrons. The van der Waals surface area contributed by atoms with E-state index in [9.17, 15) is 14.4 Å². The molecule has 39 heavy (non-hydrogen) atoms. The number of benzene rings is 4. The lowest BCUT2D eigenvalue weighted by atomic mass is 10.0. The standard InChI is InChI=1S/C32H32N4O3/c1-22(33-2)31(38)34-27-21-35(30(37)19-23-11-4-3-5-12-23)28-17-8-9-18-29(28)36(32(27)39)20-25-15-10-14-24-13-6-7-16-26(24)25/h3-18,22,27,33H,19-21H2,1-2H3,(H,34,38)/t22-,27?/m0/s1. The van der Waals surface area contributed by atoms with Crippen LogP contribution in [0.5, 0.6) is 0 Å². The number of anilines is 2. The van der Waals surface area contributed by atoms with Crippen molar-refractivity contribution in [2.24, 2.45) is 0 Å². The first-order valence-electron chi connectivity index (χ1n) is 13.1. The van der Waals surface area contributed by atoms with E-state index in [1.807, 2.05) is 97.1 Å². The van der Waals surface area contributed by atoms with E-state index in [0.717, 1.165) is 21.9 Å². The first-order valence-corrected chi connectivity index (χ1v) is 13.1. The fourth-order valence-corrected chi connectivity index (χ4v) is 4.99. The number of para-hydroxylation sites is 2. The van der Waals surface area contributed by atoms with E-state index >= 15 is 0 Å². The average Bonchev–Trinajstić information content (AvgIpc) is 3.08. The highest BCUT2D eigenvalue weighted by Crippen LogP contribution is 2.35. The Labute approximate surface area is 228 Å². The van der Waals surface area contributed by atoms with E-state index < -0.39 is 12.1 Å². The molecular formula is C32H32N4O3.